The van der Waals surface area contributed by atoms with Gasteiger partial charge >= 0.3 is 0 Å². The third-order valence-corrected chi connectivity index (χ3v) is 5.88. The molecular weight excluding hydrogens is 262 g/mol. The summed E-state index contributed by atoms with van der Waals surface area (Å²) in [4.78, 5) is 0. The van der Waals surface area contributed by atoms with Crippen LogP contribution in [-0.2, 0) is 23.0 Å². The van der Waals surface area contributed by atoms with E-state index >= 15 is 0 Å². The van der Waals surface area contributed by atoms with Gasteiger partial charge in [0.05, 0.1) is 10.9 Å². The van der Waals surface area contributed by atoms with Crippen molar-refractivity contribution < 1.29 is 8.42 Å². The number of aromatic amines is 1. The third-order valence-electron chi connectivity index (χ3n) is 3.66. The number of H-pyrrole nitrogens is 1. The van der Waals surface area contributed by atoms with Crippen molar-refractivity contribution in [3.63, 3.8) is 0 Å². The summed E-state index contributed by atoms with van der Waals surface area (Å²) in [5.41, 5.74) is 3.18. The zero-order valence-corrected chi connectivity index (χ0v) is 12.9. The molecule has 19 heavy (non-hydrogen) atoms. The zero-order chi connectivity index (χ0) is 14.2. The van der Waals surface area contributed by atoms with Crippen molar-refractivity contribution in [1.82, 2.24) is 14.5 Å². The number of hydrogen-bond acceptors (Lipinski definition) is 3. The van der Waals surface area contributed by atoms with Gasteiger partial charge in [-0.1, -0.05) is 13.8 Å². The molecule has 0 saturated carbocycles. The quantitative estimate of drug-likeness (QED) is 0.924. The fraction of sp³-hybridized carbons (Fsp3) is 0.769. The van der Waals surface area contributed by atoms with Crippen molar-refractivity contribution in [1.29, 1.82) is 0 Å². The Bertz CT molecular complexity index is 546. The van der Waals surface area contributed by atoms with Gasteiger partial charge in [0.1, 0.15) is 0 Å². The molecular formula is C13H23N3O2S. The topological polar surface area (TPSA) is 66.1 Å². The summed E-state index contributed by atoms with van der Waals surface area (Å²) in [5, 5.41) is 7.06. The van der Waals surface area contributed by atoms with Crippen LogP contribution in [0.2, 0.25) is 0 Å². The second kappa shape index (κ2) is 5.25. The molecule has 2 rings (SSSR count). The van der Waals surface area contributed by atoms with Crippen LogP contribution in [0.4, 0.5) is 0 Å². The van der Waals surface area contributed by atoms with Crippen molar-refractivity contribution in [2.75, 3.05) is 6.54 Å². The lowest BCUT2D eigenvalue weighted by Crippen LogP contribution is -2.36. The van der Waals surface area contributed by atoms with E-state index in [1.54, 1.807) is 18.2 Å². The van der Waals surface area contributed by atoms with Gasteiger partial charge in [0, 0.05) is 24.3 Å². The summed E-state index contributed by atoms with van der Waals surface area (Å²) in [6.07, 6.45) is 1.72. The minimum Gasteiger partial charge on any atom is -0.282 e. The van der Waals surface area contributed by atoms with Gasteiger partial charge in [-0.15, -0.1) is 0 Å². The Morgan fingerprint density at radius 2 is 1.95 bits per heavy atom. The molecule has 0 bridgehead atoms. The minimum absolute atomic E-state index is 0.307. The summed E-state index contributed by atoms with van der Waals surface area (Å²) in [5.74, 6) is 0.307. The molecule has 0 radical (unpaired) electrons. The first-order chi connectivity index (χ1) is 8.84. The lowest BCUT2D eigenvalue weighted by atomic mass is 10.0. The monoisotopic (exact) mass is 285 g/mol. The predicted molar refractivity (Wildman–Crippen MR) is 75.5 cm³/mol. The first-order valence-electron chi connectivity index (χ1n) is 6.89. The van der Waals surface area contributed by atoms with E-state index in [2.05, 4.69) is 24.0 Å². The van der Waals surface area contributed by atoms with E-state index in [1.807, 2.05) is 0 Å². The van der Waals surface area contributed by atoms with Gasteiger partial charge < -0.3 is 0 Å². The van der Waals surface area contributed by atoms with Gasteiger partial charge in [0.15, 0.2) is 0 Å². The van der Waals surface area contributed by atoms with Crippen LogP contribution in [0.25, 0.3) is 0 Å². The van der Waals surface area contributed by atoms with Crippen LogP contribution in [0.1, 0.15) is 57.0 Å². The van der Waals surface area contributed by atoms with Crippen LogP contribution in [0.5, 0.6) is 0 Å². The number of hydrogen-bond donors (Lipinski definition) is 1. The minimum atomic E-state index is -3.19. The molecule has 0 fully saturated rings. The summed E-state index contributed by atoms with van der Waals surface area (Å²) in [6, 6.07) is 0. The normalized spacial score (nSPS) is 17.8. The van der Waals surface area contributed by atoms with Crippen molar-refractivity contribution in [2.45, 2.75) is 58.2 Å². The maximum absolute atomic E-state index is 12.3. The smallest absolute Gasteiger partial charge is 0.216 e. The third kappa shape index (κ3) is 2.69. The predicted octanol–water partition coefficient (Wildman–Crippen LogP) is 2.02. The Balaban J connectivity index is 2.37. The number of nitrogens with one attached hydrogen (secondary N) is 1. The average molecular weight is 285 g/mol. The Labute approximate surface area is 115 Å². The van der Waals surface area contributed by atoms with Gasteiger partial charge in [0.25, 0.3) is 0 Å². The summed E-state index contributed by atoms with van der Waals surface area (Å²) < 4.78 is 26.3. The Morgan fingerprint density at radius 1 is 1.26 bits per heavy atom. The van der Waals surface area contributed by atoms with Gasteiger partial charge in [-0.2, -0.15) is 9.40 Å². The highest BCUT2D eigenvalue weighted by atomic mass is 32.2. The van der Waals surface area contributed by atoms with Gasteiger partial charge in [-0.05, 0) is 32.6 Å². The maximum atomic E-state index is 12.3. The van der Waals surface area contributed by atoms with E-state index in [1.165, 1.54) is 0 Å². The van der Waals surface area contributed by atoms with Crippen LogP contribution in [0.3, 0.4) is 0 Å². The molecule has 108 valence electrons. The first kappa shape index (κ1) is 14.5. The molecule has 0 saturated heterocycles. The van der Waals surface area contributed by atoms with E-state index in [0.29, 0.717) is 19.0 Å². The van der Waals surface area contributed by atoms with Gasteiger partial charge in [0.2, 0.25) is 10.0 Å². The molecule has 1 aromatic heterocycles. The van der Waals surface area contributed by atoms with E-state index < -0.39 is 10.0 Å². The largest absolute Gasteiger partial charge is 0.282 e. The van der Waals surface area contributed by atoms with E-state index in [9.17, 15) is 8.42 Å². The van der Waals surface area contributed by atoms with Crippen LogP contribution < -0.4 is 0 Å². The average Bonchev–Trinajstić information content (AvgIpc) is 2.59. The maximum Gasteiger partial charge on any atom is 0.216 e. The number of aromatic nitrogens is 2. The molecule has 1 N–H and O–H groups in total. The molecule has 1 aliphatic rings. The highest BCUT2D eigenvalue weighted by Crippen LogP contribution is 2.27. The Hall–Kier alpha value is -0.880. The van der Waals surface area contributed by atoms with Crippen molar-refractivity contribution in [2.24, 2.45) is 0 Å². The highest BCUT2D eigenvalue weighted by Gasteiger charge is 2.30. The molecule has 2 heterocycles. The number of nitrogens with zero attached hydrogens (tertiary/aromatic N) is 2. The summed E-state index contributed by atoms with van der Waals surface area (Å²) in [6.45, 7) is 8.70. The first-order valence-corrected chi connectivity index (χ1v) is 8.39. The van der Waals surface area contributed by atoms with E-state index in [-0.39, 0.29) is 5.25 Å². The molecule has 1 aliphatic heterocycles. The Morgan fingerprint density at radius 3 is 2.53 bits per heavy atom. The van der Waals surface area contributed by atoms with Crippen LogP contribution in [-0.4, -0.2) is 34.7 Å². The number of rotatable bonds is 3. The number of fused-ring (bicyclic) bond motifs is 1. The molecule has 0 aromatic carbocycles. The fourth-order valence-electron chi connectivity index (χ4n) is 2.48. The number of sulfonamides is 1. The fourth-order valence-corrected chi connectivity index (χ4v) is 3.77. The summed E-state index contributed by atoms with van der Waals surface area (Å²) in [7, 11) is -3.19. The molecule has 5 nitrogen and oxygen atoms in total. The molecule has 1 aromatic rings. The van der Waals surface area contributed by atoms with Crippen LogP contribution in [0.15, 0.2) is 0 Å². The SMILES string of the molecule is CC(C)c1n[nH]c2c1CN(S(=O)(=O)C(C)C)CCC2. The van der Waals surface area contributed by atoms with E-state index in [4.69, 9.17) is 0 Å². The molecule has 0 aliphatic carbocycles. The van der Waals surface area contributed by atoms with Crippen LogP contribution in [0, 0.1) is 0 Å². The van der Waals surface area contributed by atoms with E-state index in [0.717, 1.165) is 29.8 Å². The Kier molecular flexibility index (Phi) is 4.01. The lowest BCUT2D eigenvalue weighted by Gasteiger charge is -2.23. The molecule has 0 amide bonds. The summed E-state index contributed by atoms with van der Waals surface area (Å²) >= 11 is 0. The number of aryl methyl sites for hydroxylation is 1. The molecule has 0 unspecified atom stereocenters. The zero-order valence-electron chi connectivity index (χ0n) is 12.1. The van der Waals surface area contributed by atoms with Crippen molar-refractivity contribution >= 4 is 10.0 Å². The lowest BCUT2D eigenvalue weighted by molar-refractivity contribution is 0.403. The van der Waals surface area contributed by atoms with Crippen molar-refractivity contribution in [3.05, 3.63) is 17.0 Å². The van der Waals surface area contributed by atoms with Crippen molar-refractivity contribution in [3.8, 4) is 0 Å². The van der Waals surface area contributed by atoms with Gasteiger partial charge in [-0.3, -0.25) is 5.10 Å². The van der Waals surface area contributed by atoms with Crippen LogP contribution >= 0.6 is 0 Å². The highest BCUT2D eigenvalue weighted by molar-refractivity contribution is 7.89. The molecule has 0 spiro atoms. The second-order valence-electron chi connectivity index (χ2n) is 5.75. The molecule has 0 atom stereocenters. The second-order valence-corrected chi connectivity index (χ2v) is 8.24. The standard InChI is InChI=1S/C13H23N3O2S/c1-9(2)13-11-8-16(19(17,18)10(3)4)7-5-6-12(11)14-15-13/h9-10H,5-8H2,1-4H3,(H,14,15). The van der Waals surface area contributed by atoms with Gasteiger partial charge in [-0.25, -0.2) is 8.42 Å². The molecule has 6 heteroatoms.